The van der Waals surface area contributed by atoms with Gasteiger partial charge in [0.2, 0.25) is 0 Å². The average Bonchev–Trinajstić information content (AvgIpc) is 3.27. The Kier molecular flexibility index (Phi) is 6.06. The number of rotatable bonds is 9. The summed E-state index contributed by atoms with van der Waals surface area (Å²) in [6, 6.07) is 9.30. The van der Waals surface area contributed by atoms with Crippen LogP contribution in [0.3, 0.4) is 0 Å². The molecule has 1 saturated carbocycles. The molecule has 0 aliphatic heterocycles. The summed E-state index contributed by atoms with van der Waals surface area (Å²) in [6.07, 6.45) is 8.49. The van der Waals surface area contributed by atoms with E-state index < -0.39 is 6.10 Å². The molecule has 2 heteroatoms. The molecule has 1 fully saturated rings. The summed E-state index contributed by atoms with van der Waals surface area (Å²) in [6.45, 7) is 4.31. The summed E-state index contributed by atoms with van der Waals surface area (Å²) in [4.78, 5) is 0. The lowest BCUT2D eigenvalue weighted by atomic mass is 9.99. The summed E-state index contributed by atoms with van der Waals surface area (Å²) < 4.78 is 0. The topological polar surface area (TPSA) is 32.3 Å². The highest BCUT2D eigenvalue weighted by molar-refractivity contribution is 5.25. The van der Waals surface area contributed by atoms with Crippen molar-refractivity contribution in [2.45, 2.75) is 77.0 Å². The van der Waals surface area contributed by atoms with E-state index in [-0.39, 0.29) is 6.04 Å². The van der Waals surface area contributed by atoms with Gasteiger partial charge in [0.1, 0.15) is 0 Å². The Bertz CT molecular complexity index is 383. The Balaban J connectivity index is 1.80. The van der Waals surface area contributed by atoms with Crippen LogP contribution in [0.2, 0.25) is 0 Å². The molecule has 2 rings (SSSR count). The fourth-order valence-corrected chi connectivity index (χ4v) is 2.64. The molecule has 2 N–H and O–H groups in total. The van der Waals surface area contributed by atoms with Gasteiger partial charge in [-0.1, -0.05) is 50.5 Å². The molecule has 2 atom stereocenters. The van der Waals surface area contributed by atoms with Crippen LogP contribution in [0.5, 0.6) is 0 Å². The number of nitrogens with one attached hydrogen (secondary N) is 1. The first-order valence-corrected chi connectivity index (χ1v) is 8.23. The van der Waals surface area contributed by atoms with E-state index >= 15 is 0 Å². The quantitative estimate of drug-likeness (QED) is 0.668. The fourth-order valence-electron chi connectivity index (χ4n) is 2.64. The monoisotopic (exact) mass is 275 g/mol. The van der Waals surface area contributed by atoms with Crippen LogP contribution in [0.25, 0.3) is 0 Å². The molecule has 2 unspecified atom stereocenters. The Morgan fingerprint density at radius 1 is 1.15 bits per heavy atom. The summed E-state index contributed by atoms with van der Waals surface area (Å²) in [5.41, 5.74) is 2.42. The molecule has 0 saturated heterocycles. The van der Waals surface area contributed by atoms with Gasteiger partial charge in [-0.3, -0.25) is 0 Å². The van der Waals surface area contributed by atoms with E-state index in [4.69, 9.17) is 0 Å². The molecule has 1 aromatic rings. The average molecular weight is 275 g/mol. The van der Waals surface area contributed by atoms with Crippen LogP contribution in [-0.4, -0.2) is 17.2 Å². The molecule has 2 nitrogen and oxygen atoms in total. The van der Waals surface area contributed by atoms with Crippen LogP contribution >= 0.6 is 0 Å². The maximum absolute atomic E-state index is 10.3. The van der Waals surface area contributed by atoms with Crippen LogP contribution in [-0.2, 0) is 6.42 Å². The van der Waals surface area contributed by atoms with Gasteiger partial charge in [-0.2, -0.15) is 0 Å². The van der Waals surface area contributed by atoms with Crippen molar-refractivity contribution < 1.29 is 5.11 Å². The van der Waals surface area contributed by atoms with Gasteiger partial charge in [0.25, 0.3) is 0 Å². The van der Waals surface area contributed by atoms with Gasteiger partial charge in [0, 0.05) is 12.1 Å². The van der Waals surface area contributed by atoms with E-state index in [1.165, 1.54) is 44.1 Å². The van der Waals surface area contributed by atoms with Crippen molar-refractivity contribution in [1.82, 2.24) is 5.32 Å². The van der Waals surface area contributed by atoms with Crippen molar-refractivity contribution in [3.63, 3.8) is 0 Å². The largest absolute Gasteiger partial charge is 0.387 e. The second kappa shape index (κ2) is 7.80. The smallest absolute Gasteiger partial charge is 0.0940 e. The van der Waals surface area contributed by atoms with Gasteiger partial charge >= 0.3 is 0 Å². The molecule has 20 heavy (non-hydrogen) atoms. The summed E-state index contributed by atoms with van der Waals surface area (Å²) in [5, 5.41) is 13.8. The van der Waals surface area contributed by atoms with Gasteiger partial charge in [-0.05, 0) is 43.7 Å². The lowest BCUT2D eigenvalue weighted by Gasteiger charge is -2.20. The van der Waals surface area contributed by atoms with E-state index in [9.17, 15) is 5.11 Å². The second-order valence-electron chi connectivity index (χ2n) is 6.23. The number of benzene rings is 1. The zero-order chi connectivity index (χ0) is 14.4. The fraction of sp³-hybridized carbons (Fsp3) is 0.667. The van der Waals surface area contributed by atoms with Crippen molar-refractivity contribution in [3.8, 4) is 0 Å². The molecule has 1 aliphatic carbocycles. The molecule has 112 valence electrons. The van der Waals surface area contributed by atoms with E-state index in [0.717, 1.165) is 12.0 Å². The minimum atomic E-state index is -0.398. The predicted octanol–water partition coefficient (Wildman–Crippen LogP) is 3.98. The summed E-state index contributed by atoms with van der Waals surface area (Å²) >= 11 is 0. The van der Waals surface area contributed by atoms with Crippen molar-refractivity contribution in [3.05, 3.63) is 35.4 Å². The molecule has 1 aromatic carbocycles. The van der Waals surface area contributed by atoms with Crippen LogP contribution in [0.1, 0.15) is 69.6 Å². The molecule has 0 amide bonds. The number of aliphatic hydroxyl groups is 1. The van der Waals surface area contributed by atoms with Crippen molar-refractivity contribution in [2.24, 2.45) is 0 Å². The lowest BCUT2D eigenvalue weighted by molar-refractivity contribution is 0.135. The molecule has 1 aliphatic rings. The SMILES string of the molecule is CCCCCCc1ccc(C(O)C(C)NC2CC2)cc1. The maximum atomic E-state index is 10.3. The minimum Gasteiger partial charge on any atom is -0.387 e. The van der Waals surface area contributed by atoms with E-state index in [0.29, 0.717) is 6.04 Å². The highest BCUT2D eigenvalue weighted by Gasteiger charge is 2.26. The van der Waals surface area contributed by atoms with Crippen LogP contribution in [0.15, 0.2) is 24.3 Å². The maximum Gasteiger partial charge on any atom is 0.0940 e. The molecule has 0 aromatic heterocycles. The molecule has 0 heterocycles. The summed E-state index contributed by atoms with van der Waals surface area (Å²) in [5.74, 6) is 0. The van der Waals surface area contributed by atoms with E-state index in [2.05, 4.69) is 43.4 Å². The van der Waals surface area contributed by atoms with Gasteiger partial charge in [-0.15, -0.1) is 0 Å². The third-order valence-electron chi connectivity index (χ3n) is 4.19. The zero-order valence-electron chi connectivity index (χ0n) is 12.9. The zero-order valence-corrected chi connectivity index (χ0v) is 12.9. The van der Waals surface area contributed by atoms with E-state index in [1.807, 2.05) is 0 Å². The highest BCUT2D eigenvalue weighted by atomic mass is 16.3. The number of aliphatic hydroxyl groups excluding tert-OH is 1. The first-order chi connectivity index (χ1) is 9.70. The Morgan fingerprint density at radius 2 is 1.85 bits per heavy atom. The van der Waals surface area contributed by atoms with Crippen molar-refractivity contribution in [2.75, 3.05) is 0 Å². The van der Waals surface area contributed by atoms with Crippen molar-refractivity contribution in [1.29, 1.82) is 0 Å². The minimum absolute atomic E-state index is 0.137. The molecular weight excluding hydrogens is 246 g/mol. The summed E-state index contributed by atoms with van der Waals surface area (Å²) in [7, 11) is 0. The number of hydrogen-bond acceptors (Lipinski definition) is 2. The van der Waals surface area contributed by atoms with Gasteiger partial charge in [0.15, 0.2) is 0 Å². The highest BCUT2D eigenvalue weighted by Crippen LogP contribution is 2.24. The number of unbranched alkanes of at least 4 members (excludes halogenated alkanes) is 3. The van der Waals surface area contributed by atoms with Gasteiger partial charge in [-0.25, -0.2) is 0 Å². The molecule has 0 spiro atoms. The Labute approximate surface area is 123 Å². The Hall–Kier alpha value is -0.860. The third-order valence-corrected chi connectivity index (χ3v) is 4.19. The first kappa shape index (κ1) is 15.5. The van der Waals surface area contributed by atoms with Crippen molar-refractivity contribution >= 4 is 0 Å². The van der Waals surface area contributed by atoms with Crippen LogP contribution < -0.4 is 5.32 Å². The second-order valence-corrected chi connectivity index (χ2v) is 6.23. The van der Waals surface area contributed by atoms with Gasteiger partial charge < -0.3 is 10.4 Å². The number of aryl methyl sites for hydroxylation is 1. The van der Waals surface area contributed by atoms with Gasteiger partial charge in [0.05, 0.1) is 6.10 Å². The number of hydrogen-bond donors (Lipinski definition) is 2. The predicted molar refractivity (Wildman–Crippen MR) is 84.9 cm³/mol. The van der Waals surface area contributed by atoms with E-state index in [1.54, 1.807) is 0 Å². The lowest BCUT2D eigenvalue weighted by Crippen LogP contribution is -2.33. The van der Waals surface area contributed by atoms with Crippen LogP contribution in [0, 0.1) is 0 Å². The molecule has 0 radical (unpaired) electrons. The molecule has 0 bridgehead atoms. The first-order valence-electron chi connectivity index (χ1n) is 8.23. The third kappa shape index (κ3) is 4.92. The van der Waals surface area contributed by atoms with Crippen LogP contribution in [0.4, 0.5) is 0 Å². The normalized spacial score (nSPS) is 17.9. The standard InChI is InChI=1S/C18H29NO/c1-3-4-5-6-7-15-8-10-16(11-9-15)18(20)14(2)19-17-12-13-17/h8-11,14,17-20H,3-7,12-13H2,1-2H3. The molecular formula is C18H29NO. The Morgan fingerprint density at radius 3 is 2.45 bits per heavy atom.